The predicted molar refractivity (Wildman–Crippen MR) is 132 cm³/mol. The van der Waals surface area contributed by atoms with Gasteiger partial charge in [-0.15, -0.1) is 0 Å². The van der Waals surface area contributed by atoms with E-state index in [1.54, 1.807) is 12.1 Å². The van der Waals surface area contributed by atoms with Gasteiger partial charge >= 0.3 is 11.9 Å². The number of hydrogen-bond acceptors (Lipinski definition) is 5. The molecular formula is C30H34O5. The number of rotatable bonds is 6. The summed E-state index contributed by atoms with van der Waals surface area (Å²) in [6, 6.07) is 15.0. The smallest absolute Gasteiger partial charge is 0.338 e. The third-order valence-electron chi connectivity index (χ3n) is 8.34. The van der Waals surface area contributed by atoms with Gasteiger partial charge in [-0.05, 0) is 66.0 Å². The van der Waals surface area contributed by atoms with Crippen molar-refractivity contribution in [2.24, 2.45) is 23.7 Å². The minimum Gasteiger partial charge on any atom is -0.455 e. The lowest BCUT2D eigenvalue weighted by atomic mass is 9.78. The molecule has 3 fully saturated rings. The molecule has 3 aliphatic rings. The van der Waals surface area contributed by atoms with Crippen LogP contribution in [0.5, 0.6) is 0 Å². The molecule has 0 spiro atoms. The number of Topliss-reactive ketones (excluding diaryl/α,β-unsaturated/α-hetero) is 1. The fourth-order valence-electron chi connectivity index (χ4n) is 6.51. The Kier molecular flexibility index (Phi) is 6.29. The summed E-state index contributed by atoms with van der Waals surface area (Å²) in [5, 5.41) is 0. The van der Waals surface area contributed by atoms with E-state index in [2.05, 4.69) is 27.7 Å². The number of carbonyl (C=O) groups is 3. The first-order valence-electron chi connectivity index (χ1n) is 12.9. The Bertz CT molecular complexity index is 1150. The zero-order chi connectivity index (χ0) is 24.9. The summed E-state index contributed by atoms with van der Waals surface area (Å²) >= 11 is 0. The number of hydrogen-bond donors (Lipinski definition) is 0. The monoisotopic (exact) mass is 474 g/mol. The standard InChI is InChI=1S/C30H34O5/c1-16(2)18-7-5-9-20(13-18)29(32)34-27-23-15-24(26-22(23)11-12-25(26)31)28(27)35-30(33)21-10-6-8-19(14-21)17(3)4/h5-10,13-14,16-17,22-24,26-28H,11-12,15H2,1-4H3. The van der Waals surface area contributed by atoms with Gasteiger partial charge < -0.3 is 9.47 Å². The van der Waals surface area contributed by atoms with Crippen LogP contribution in [0.25, 0.3) is 0 Å². The van der Waals surface area contributed by atoms with Gasteiger partial charge in [0.15, 0.2) is 0 Å². The molecule has 0 aliphatic heterocycles. The van der Waals surface area contributed by atoms with Crippen molar-refractivity contribution in [1.29, 1.82) is 0 Å². The van der Waals surface area contributed by atoms with Crippen LogP contribution >= 0.6 is 0 Å². The van der Waals surface area contributed by atoms with Crippen molar-refractivity contribution >= 4 is 17.7 Å². The molecule has 2 aromatic rings. The van der Waals surface area contributed by atoms with Crippen molar-refractivity contribution in [2.45, 2.75) is 71.0 Å². The zero-order valence-corrected chi connectivity index (χ0v) is 20.9. The van der Waals surface area contributed by atoms with E-state index < -0.39 is 24.1 Å². The summed E-state index contributed by atoms with van der Waals surface area (Å²) in [5.41, 5.74) is 3.13. The molecular weight excluding hydrogens is 440 g/mol. The van der Waals surface area contributed by atoms with Gasteiger partial charge in [-0.2, -0.15) is 0 Å². The molecule has 0 N–H and O–H groups in total. The summed E-state index contributed by atoms with van der Waals surface area (Å²) in [6.07, 6.45) is 1.03. The molecule has 0 amide bonds. The molecule has 6 unspecified atom stereocenters. The Morgan fingerprint density at radius 3 is 1.80 bits per heavy atom. The van der Waals surface area contributed by atoms with Crippen molar-refractivity contribution in [3.8, 4) is 0 Å². The fraction of sp³-hybridized carbons (Fsp3) is 0.500. The molecule has 0 heterocycles. The van der Waals surface area contributed by atoms with E-state index in [4.69, 9.17) is 9.47 Å². The summed E-state index contributed by atoms with van der Waals surface area (Å²) < 4.78 is 12.2. The number of benzene rings is 2. The van der Waals surface area contributed by atoms with Crippen LogP contribution in [-0.4, -0.2) is 29.9 Å². The Hall–Kier alpha value is -2.95. The summed E-state index contributed by atoms with van der Waals surface area (Å²) in [4.78, 5) is 39.1. The largest absolute Gasteiger partial charge is 0.455 e. The van der Waals surface area contributed by atoms with Crippen LogP contribution in [0.4, 0.5) is 0 Å². The van der Waals surface area contributed by atoms with Crippen LogP contribution in [0.15, 0.2) is 48.5 Å². The van der Waals surface area contributed by atoms with Gasteiger partial charge in [-0.25, -0.2) is 9.59 Å². The molecule has 5 nitrogen and oxygen atoms in total. The van der Waals surface area contributed by atoms with E-state index in [0.717, 1.165) is 24.0 Å². The first-order chi connectivity index (χ1) is 16.7. The molecule has 5 rings (SSSR count). The highest BCUT2D eigenvalue weighted by atomic mass is 16.6. The second kappa shape index (κ2) is 9.25. The maximum Gasteiger partial charge on any atom is 0.338 e. The fourth-order valence-corrected chi connectivity index (χ4v) is 6.51. The van der Waals surface area contributed by atoms with E-state index in [9.17, 15) is 14.4 Å². The quantitative estimate of drug-likeness (QED) is 0.486. The molecule has 0 aromatic heterocycles. The zero-order valence-electron chi connectivity index (χ0n) is 20.9. The minimum atomic E-state index is -0.601. The second-order valence-corrected chi connectivity index (χ2v) is 11.1. The number of esters is 2. The van der Waals surface area contributed by atoms with Crippen LogP contribution < -0.4 is 0 Å². The van der Waals surface area contributed by atoms with Gasteiger partial charge in [-0.3, -0.25) is 4.79 Å². The van der Waals surface area contributed by atoms with Crippen molar-refractivity contribution in [1.82, 2.24) is 0 Å². The number of ketones is 1. The molecule has 2 bridgehead atoms. The van der Waals surface area contributed by atoms with Crippen LogP contribution in [0.1, 0.15) is 90.6 Å². The minimum absolute atomic E-state index is 0.0495. The number of fused-ring (bicyclic) bond motifs is 5. The third kappa shape index (κ3) is 4.30. The molecule has 0 radical (unpaired) electrons. The van der Waals surface area contributed by atoms with Crippen LogP contribution in [-0.2, 0) is 14.3 Å². The Morgan fingerprint density at radius 2 is 1.29 bits per heavy atom. The Morgan fingerprint density at radius 1 is 0.771 bits per heavy atom. The topological polar surface area (TPSA) is 69.7 Å². The Labute approximate surface area is 207 Å². The van der Waals surface area contributed by atoms with Gasteiger partial charge in [-0.1, -0.05) is 52.0 Å². The first kappa shape index (κ1) is 23.8. The number of ether oxygens (including phenoxy) is 2. The number of carbonyl (C=O) groups excluding carboxylic acids is 3. The summed E-state index contributed by atoms with van der Waals surface area (Å²) in [5.74, 6) is 0.128. The van der Waals surface area contributed by atoms with E-state index in [1.165, 1.54) is 0 Å². The highest BCUT2D eigenvalue weighted by Crippen LogP contribution is 2.59. The molecule has 5 heteroatoms. The van der Waals surface area contributed by atoms with Crippen molar-refractivity contribution in [3.63, 3.8) is 0 Å². The highest BCUT2D eigenvalue weighted by molar-refractivity contribution is 5.91. The van der Waals surface area contributed by atoms with Gasteiger partial charge in [0, 0.05) is 24.2 Å². The average molecular weight is 475 g/mol. The van der Waals surface area contributed by atoms with Crippen molar-refractivity contribution in [3.05, 3.63) is 70.8 Å². The maximum absolute atomic E-state index is 13.2. The molecule has 3 saturated carbocycles. The molecule has 184 valence electrons. The van der Waals surface area contributed by atoms with E-state index in [-0.39, 0.29) is 35.4 Å². The lowest BCUT2D eigenvalue weighted by molar-refractivity contribution is -0.127. The van der Waals surface area contributed by atoms with Gasteiger partial charge in [0.25, 0.3) is 0 Å². The van der Waals surface area contributed by atoms with Gasteiger partial charge in [0.2, 0.25) is 0 Å². The van der Waals surface area contributed by atoms with Gasteiger partial charge in [0.05, 0.1) is 11.1 Å². The lowest BCUT2D eigenvalue weighted by Gasteiger charge is -2.36. The Balaban J connectivity index is 1.40. The maximum atomic E-state index is 13.2. The van der Waals surface area contributed by atoms with Gasteiger partial charge in [0.1, 0.15) is 18.0 Å². The van der Waals surface area contributed by atoms with Crippen LogP contribution in [0.2, 0.25) is 0 Å². The van der Waals surface area contributed by atoms with Crippen molar-refractivity contribution in [2.75, 3.05) is 0 Å². The van der Waals surface area contributed by atoms with E-state index >= 15 is 0 Å². The predicted octanol–water partition coefficient (Wildman–Crippen LogP) is 5.93. The molecule has 0 saturated heterocycles. The summed E-state index contributed by atoms with van der Waals surface area (Å²) in [6.45, 7) is 8.33. The van der Waals surface area contributed by atoms with E-state index in [0.29, 0.717) is 23.5 Å². The SMILES string of the molecule is CC(C)c1cccc(C(=O)OC2C3CC(C2OC(=O)c2cccc(C(C)C)c2)C2C(=O)CCC32)c1. The molecule has 3 aliphatic carbocycles. The second-order valence-electron chi connectivity index (χ2n) is 11.1. The summed E-state index contributed by atoms with van der Waals surface area (Å²) in [7, 11) is 0. The normalized spacial score (nSPS) is 29.0. The van der Waals surface area contributed by atoms with Crippen molar-refractivity contribution < 1.29 is 23.9 Å². The van der Waals surface area contributed by atoms with Crippen LogP contribution in [0.3, 0.4) is 0 Å². The molecule has 6 atom stereocenters. The first-order valence-corrected chi connectivity index (χ1v) is 12.9. The highest BCUT2D eigenvalue weighted by Gasteiger charge is 2.64. The third-order valence-corrected chi connectivity index (χ3v) is 8.34. The van der Waals surface area contributed by atoms with Crippen LogP contribution in [0, 0.1) is 23.7 Å². The lowest BCUT2D eigenvalue weighted by Crippen LogP contribution is -2.46. The molecule has 2 aromatic carbocycles. The van der Waals surface area contributed by atoms with E-state index in [1.807, 2.05) is 36.4 Å². The molecule has 35 heavy (non-hydrogen) atoms. The average Bonchev–Trinajstić information content (AvgIpc) is 3.51.